The summed E-state index contributed by atoms with van der Waals surface area (Å²) in [5.41, 5.74) is 6.49. The van der Waals surface area contributed by atoms with E-state index in [1.54, 1.807) is 0 Å². The number of rotatable bonds is 4. The van der Waals surface area contributed by atoms with Crippen molar-refractivity contribution < 1.29 is 0 Å². The van der Waals surface area contributed by atoms with Crippen molar-refractivity contribution >= 4 is 0 Å². The van der Waals surface area contributed by atoms with Gasteiger partial charge in [0.25, 0.3) is 0 Å². The molecule has 0 aliphatic carbocycles. The number of hydrogen-bond donors (Lipinski definition) is 1. The highest BCUT2D eigenvalue weighted by Crippen LogP contribution is 2.34. The van der Waals surface area contributed by atoms with Gasteiger partial charge in [-0.2, -0.15) is 0 Å². The molecule has 2 rings (SSSR count). The molecule has 0 radical (unpaired) electrons. The standard InChI is InChI=1S/C16H34N4/c1-13(2)19-8-6-16(12-17,7-9-19)20-10-14(3)15(11-20)18(4)5/h13-15H,6-12,17H2,1-5H3. The van der Waals surface area contributed by atoms with Crippen LogP contribution in [0.15, 0.2) is 0 Å². The second kappa shape index (κ2) is 6.30. The van der Waals surface area contributed by atoms with E-state index in [-0.39, 0.29) is 5.54 Å². The van der Waals surface area contributed by atoms with Crippen LogP contribution in [0.1, 0.15) is 33.6 Å². The van der Waals surface area contributed by atoms with Crippen molar-refractivity contribution in [3.05, 3.63) is 0 Å². The average Bonchev–Trinajstić information content (AvgIpc) is 2.81. The van der Waals surface area contributed by atoms with Crippen molar-refractivity contribution in [2.24, 2.45) is 11.7 Å². The molecule has 2 unspecified atom stereocenters. The first-order valence-electron chi connectivity index (χ1n) is 8.25. The molecule has 118 valence electrons. The molecule has 2 aliphatic rings. The van der Waals surface area contributed by atoms with Crippen LogP contribution in [0.2, 0.25) is 0 Å². The minimum atomic E-state index is 0.254. The van der Waals surface area contributed by atoms with Gasteiger partial charge in [0, 0.05) is 50.3 Å². The number of hydrogen-bond acceptors (Lipinski definition) is 4. The molecular weight excluding hydrogens is 248 g/mol. The van der Waals surface area contributed by atoms with Crippen molar-refractivity contribution in [3.63, 3.8) is 0 Å². The second-order valence-electron chi connectivity index (χ2n) is 7.47. The van der Waals surface area contributed by atoms with Gasteiger partial charge in [-0.25, -0.2) is 0 Å². The highest BCUT2D eigenvalue weighted by molar-refractivity contribution is 5.02. The number of likely N-dealkylation sites (tertiary alicyclic amines) is 2. The molecule has 0 bridgehead atoms. The van der Waals surface area contributed by atoms with Crippen molar-refractivity contribution in [2.45, 2.75) is 51.2 Å². The third kappa shape index (κ3) is 3.03. The first-order valence-corrected chi connectivity index (χ1v) is 8.25. The predicted molar refractivity (Wildman–Crippen MR) is 85.9 cm³/mol. The zero-order chi connectivity index (χ0) is 14.9. The molecule has 20 heavy (non-hydrogen) atoms. The van der Waals surface area contributed by atoms with Crippen LogP contribution < -0.4 is 5.73 Å². The Balaban J connectivity index is 2.03. The molecule has 0 aromatic rings. The molecule has 0 saturated carbocycles. The van der Waals surface area contributed by atoms with E-state index in [1.807, 2.05) is 0 Å². The molecule has 0 spiro atoms. The monoisotopic (exact) mass is 282 g/mol. The van der Waals surface area contributed by atoms with E-state index in [2.05, 4.69) is 49.6 Å². The molecule has 0 aromatic carbocycles. The fraction of sp³-hybridized carbons (Fsp3) is 1.00. The van der Waals surface area contributed by atoms with Crippen LogP contribution in [-0.4, -0.2) is 79.1 Å². The van der Waals surface area contributed by atoms with E-state index in [4.69, 9.17) is 5.73 Å². The molecule has 2 N–H and O–H groups in total. The summed E-state index contributed by atoms with van der Waals surface area (Å²) >= 11 is 0. The minimum Gasteiger partial charge on any atom is -0.329 e. The van der Waals surface area contributed by atoms with Gasteiger partial charge in [0.1, 0.15) is 0 Å². The topological polar surface area (TPSA) is 35.7 Å². The predicted octanol–water partition coefficient (Wildman–Crippen LogP) is 1.07. The van der Waals surface area contributed by atoms with E-state index in [1.165, 1.54) is 39.0 Å². The van der Waals surface area contributed by atoms with Crippen LogP contribution in [0.25, 0.3) is 0 Å². The van der Waals surface area contributed by atoms with Crippen molar-refractivity contribution in [1.82, 2.24) is 14.7 Å². The number of nitrogens with two attached hydrogens (primary N) is 1. The summed E-state index contributed by atoms with van der Waals surface area (Å²) in [6, 6.07) is 1.35. The Morgan fingerprint density at radius 2 is 1.80 bits per heavy atom. The smallest absolute Gasteiger partial charge is 0.0356 e. The summed E-state index contributed by atoms with van der Waals surface area (Å²) in [5.74, 6) is 0.747. The first-order chi connectivity index (χ1) is 9.39. The van der Waals surface area contributed by atoms with Gasteiger partial charge < -0.3 is 15.5 Å². The lowest BCUT2D eigenvalue weighted by atomic mass is 9.85. The molecule has 0 amide bonds. The normalized spacial score (nSPS) is 32.4. The van der Waals surface area contributed by atoms with Gasteiger partial charge in [0.15, 0.2) is 0 Å². The average molecular weight is 282 g/mol. The fourth-order valence-electron chi connectivity index (χ4n) is 4.12. The highest BCUT2D eigenvalue weighted by Gasteiger charge is 2.44. The lowest BCUT2D eigenvalue weighted by Crippen LogP contribution is -2.59. The first kappa shape index (κ1) is 16.2. The molecule has 2 fully saturated rings. The number of nitrogens with zero attached hydrogens (tertiary/aromatic N) is 3. The molecule has 2 atom stereocenters. The molecule has 4 heteroatoms. The van der Waals surface area contributed by atoms with Crippen molar-refractivity contribution in [3.8, 4) is 0 Å². The van der Waals surface area contributed by atoms with Gasteiger partial charge in [-0.15, -0.1) is 0 Å². The Bertz CT molecular complexity index is 308. The Morgan fingerprint density at radius 3 is 2.20 bits per heavy atom. The van der Waals surface area contributed by atoms with E-state index in [0.717, 1.165) is 12.5 Å². The summed E-state index contributed by atoms with van der Waals surface area (Å²) in [4.78, 5) is 7.69. The Kier molecular flexibility index (Phi) is 5.11. The quantitative estimate of drug-likeness (QED) is 0.837. The van der Waals surface area contributed by atoms with E-state index < -0.39 is 0 Å². The third-order valence-corrected chi connectivity index (χ3v) is 5.75. The Hall–Kier alpha value is -0.160. The maximum atomic E-state index is 6.23. The molecule has 2 saturated heterocycles. The summed E-state index contributed by atoms with van der Waals surface area (Å²) < 4.78 is 0. The van der Waals surface area contributed by atoms with Crippen molar-refractivity contribution in [1.29, 1.82) is 0 Å². The zero-order valence-corrected chi connectivity index (χ0v) is 14.1. The Labute approximate surface area is 125 Å². The van der Waals surface area contributed by atoms with Crippen LogP contribution in [0.4, 0.5) is 0 Å². The summed E-state index contributed by atoms with van der Waals surface area (Å²) in [7, 11) is 4.42. The molecule has 2 heterocycles. The molecule has 2 aliphatic heterocycles. The van der Waals surface area contributed by atoms with Crippen LogP contribution in [0.5, 0.6) is 0 Å². The van der Waals surface area contributed by atoms with E-state index in [9.17, 15) is 0 Å². The third-order valence-electron chi connectivity index (χ3n) is 5.75. The zero-order valence-electron chi connectivity index (χ0n) is 14.1. The van der Waals surface area contributed by atoms with Gasteiger partial charge in [-0.3, -0.25) is 4.90 Å². The fourth-order valence-corrected chi connectivity index (χ4v) is 4.12. The second-order valence-corrected chi connectivity index (χ2v) is 7.47. The minimum absolute atomic E-state index is 0.254. The summed E-state index contributed by atoms with van der Waals surface area (Å²) in [6.07, 6.45) is 2.46. The SMILES string of the molecule is CC1CN(C2(CN)CCN(C(C)C)CC2)CC1N(C)C. The van der Waals surface area contributed by atoms with Gasteiger partial charge in [0.2, 0.25) is 0 Å². The summed E-state index contributed by atoms with van der Waals surface area (Å²) in [6.45, 7) is 12.6. The van der Waals surface area contributed by atoms with Gasteiger partial charge in [0.05, 0.1) is 0 Å². The lowest BCUT2D eigenvalue weighted by molar-refractivity contribution is 0.0286. The van der Waals surface area contributed by atoms with Gasteiger partial charge >= 0.3 is 0 Å². The summed E-state index contributed by atoms with van der Waals surface area (Å²) in [5, 5.41) is 0. The molecule has 0 aromatic heterocycles. The van der Waals surface area contributed by atoms with Crippen LogP contribution in [0.3, 0.4) is 0 Å². The molecule has 4 nitrogen and oxygen atoms in total. The number of likely N-dealkylation sites (N-methyl/N-ethyl adjacent to an activating group) is 1. The van der Waals surface area contributed by atoms with Crippen molar-refractivity contribution in [2.75, 3.05) is 46.8 Å². The maximum Gasteiger partial charge on any atom is 0.0356 e. The Morgan fingerprint density at radius 1 is 1.20 bits per heavy atom. The van der Waals surface area contributed by atoms with Crippen LogP contribution in [0, 0.1) is 5.92 Å². The highest BCUT2D eigenvalue weighted by atomic mass is 15.3. The lowest BCUT2D eigenvalue weighted by Gasteiger charge is -2.48. The van der Waals surface area contributed by atoms with E-state index >= 15 is 0 Å². The van der Waals surface area contributed by atoms with Gasteiger partial charge in [-0.05, 0) is 46.7 Å². The largest absolute Gasteiger partial charge is 0.329 e. The van der Waals surface area contributed by atoms with Crippen LogP contribution in [-0.2, 0) is 0 Å². The van der Waals surface area contributed by atoms with E-state index in [0.29, 0.717) is 12.1 Å². The molecular formula is C16H34N4. The van der Waals surface area contributed by atoms with Crippen LogP contribution >= 0.6 is 0 Å². The maximum absolute atomic E-state index is 6.23. The number of piperidine rings is 1. The van der Waals surface area contributed by atoms with Gasteiger partial charge in [-0.1, -0.05) is 6.92 Å².